The van der Waals surface area contributed by atoms with Crippen LogP contribution in [0.1, 0.15) is 36.5 Å². The molecule has 3 heterocycles. The van der Waals surface area contributed by atoms with E-state index in [2.05, 4.69) is 30.0 Å². The Morgan fingerprint density at radius 3 is 2.61 bits per heavy atom. The van der Waals surface area contributed by atoms with E-state index in [1.807, 2.05) is 48.5 Å². The average Bonchev–Trinajstić information content (AvgIpc) is 3.43. The summed E-state index contributed by atoms with van der Waals surface area (Å²) in [5.74, 6) is 2.40. The summed E-state index contributed by atoms with van der Waals surface area (Å²) in [6.07, 6.45) is 3.81. The van der Waals surface area contributed by atoms with E-state index in [4.69, 9.17) is 9.72 Å². The first-order chi connectivity index (χ1) is 16.0. The fourth-order valence-electron chi connectivity index (χ4n) is 4.19. The van der Waals surface area contributed by atoms with E-state index < -0.39 is 0 Å². The van der Waals surface area contributed by atoms with Crippen LogP contribution in [-0.4, -0.2) is 32.8 Å². The van der Waals surface area contributed by atoms with Crippen molar-refractivity contribution in [2.75, 3.05) is 12.0 Å². The summed E-state index contributed by atoms with van der Waals surface area (Å²) in [5, 5.41) is 4.30. The van der Waals surface area contributed by atoms with Gasteiger partial charge in [-0.3, -0.25) is 9.69 Å². The van der Waals surface area contributed by atoms with Crippen molar-refractivity contribution in [2.24, 2.45) is 0 Å². The van der Waals surface area contributed by atoms with Crippen LogP contribution in [-0.2, 0) is 17.8 Å². The zero-order valence-electron chi connectivity index (χ0n) is 18.9. The minimum absolute atomic E-state index is 0.0337. The SMILES string of the molecule is COc1ccnn1-c1ccc(CN2C(=O)Cc3cnc(-c4ccccc4C(C)C)nc32)cc1. The van der Waals surface area contributed by atoms with Gasteiger partial charge in [0.25, 0.3) is 0 Å². The summed E-state index contributed by atoms with van der Waals surface area (Å²) in [5.41, 5.74) is 4.96. The molecule has 33 heavy (non-hydrogen) atoms. The number of nitrogens with zero attached hydrogens (tertiary/aromatic N) is 5. The summed E-state index contributed by atoms with van der Waals surface area (Å²) >= 11 is 0. The first-order valence-electron chi connectivity index (χ1n) is 11.0. The van der Waals surface area contributed by atoms with E-state index in [1.54, 1.807) is 29.1 Å². The van der Waals surface area contributed by atoms with Gasteiger partial charge in [0.2, 0.25) is 11.8 Å². The third-order valence-electron chi connectivity index (χ3n) is 5.90. The van der Waals surface area contributed by atoms with Crippen LogP contribution in [0.25, 0.3) is 17.1 Å². The number of aromatic nitrogens is 4. The van der Waals surface area contributed by atoms with Crippen molar-refractivity contribution in [3.8, 4) is 23.0 Å². The maximum absolute atomic E-state index is 12.8. The number of ether oxygens (including phenoxy) is 1. The van der Waals surface area contributed by atoms with Crippen LogP contribution in [0.4, 0.5) is 5.82 Å². The molecule has 0 fully saturated rings. The van der Waals surface area contributed by atoms with Crippen LogP contribution >= 0.6 is 0 Å². The summed E-state index contributed by atoms with van der Waals surface area (Å²) in [4.78, 5) is 24.0. The zero-order valence-corrected chi connectivity index (χ0v) is 18.9. The third-order valence-corrected chi connectivity index (χ3v) is 5.90. The van der Waals surface area contributed by atoms with Crippen LogP contribution in [0.15, 0.2) is 67.0 Å². The first kappa shape index (κ1) is 20.9. The topological polar surface area (TPSA) is 73.1 Å². The van der Waals surface area contributed by atoms with Gasteiger partial charge in [0.15, 0.2) is 5.82 Å². The van der Waals surface area contributed by atoms with Gasteiger partial charge in [0, 0.05) is 23.4 Å². The number of benzene rings is 2. The predicted molar refractivity (Wildman–Crippen MR) is 127 cm³/mol. The van der Waals surface area contributed by atoms with Crippen molar-refractivity contribution in [2.45, 2.75) is 32.7 Å². The number of carbonyl (C=O) groups excluding carboxylic acids is 1. The number of amides is 1. The van der Waals surface area contributed by atoms with E-state index in [1.165, 1.54) is 5.56 Å². The second-order valence-corrected chi connectivity index (χ2v) is 8.39. The molecule has 0 bridgehead atoms. The van der Waals surface area contributed by atoms with Gasteiger partial charge in [-0.25, -0.2) is 14.6 Å². The highest BCUT2D eigenvalue weighted by molar-refractivity contribution is 6.00. The van der Waals surface area contributed by atoms with Gasteiger partial charge in [0.05, 0.1) is 32.0 Å². The second kappa shape index (κ2) is 8.50. The Kier molecular flexibility index (Phi) is 5.38. The molecule has 0 unspecified atom stereocenters. The fourth-order valence-corrected chi connectivity index (χ4v) is 4.19. The van der Waals surface area contributed by atoms with E-state index in [9.17, 15) is 4.79 Å². The Morgan fingerprint density at radius 1 is 1.06 bits per heavy atom. The maximum Gasteiger partial charge on any atom is 0.233 e. The molecule has 0 saturated carbocycles. The van der Waals surface area contributed by atoms with Crippen LogP contribution in [0.2, 0.25) is 0 Å². The monoisotopic (exact) mass is 439 g/mol. The van der Waals surface area contributed by atoms with Gasteiger partial charge >= 0.3 is 0 Å². The number of hydrogen-bond acceptors (Lipinski definition) is 5. The van der Waals surface area contributed by atoms with Crippen molar-refractivity contribution in [3.05, 3.63) is 83.7 Å². The van der Waals surface area contributed by atoms with Gasteiger partial charge in [0.1, 0.15) is 5.82 Å². The number of fused-ring (bicyclic) bond motifs is 1. The van der Waals surface area contributed by atoms with Crippen LogP contribution < -0.4 is 9.64 Å². The van der Waals surface area contributed by atoms with E-state index in [-0.39, 0.29) is 5.91 Å². The molecule has 7 heteroatoms. The minimum atomic E-state index is 0.0337. The molecule has 1 amide bonds. The highest BCUT2D eigenvalue weighted by Crippen LogP contribution is 2.32. The highest BCUT2D eigenvalue weighted by atomic mass is 16.5. The molecule has 0 aliphatic carbocycles. The Morgan fingerprint density at radius 2 is 1.85 bits per heavy atom. The Bertz CT molecular complexity index is 1310. The molecule has 0 atom stereocenters. The molecule has 7 nitrogen and oxygen atoms in total. The smallest absolute Gasteiger partial charge is 0.233 e. The Labute approximate surface area is 192 Å². The molecule has 166 valence electrons. The van der Waals surface area contributed by atoms with Gasteiger partial charge in [-0.05, 0) is 29.2 Å². The fraction of sp³-hybridized carbons (Fsp3) is 0.231. The van der Waals surface area contributed by atoms with E-state index >= 15 is 0 Å². The Hall–Kier alpha value is -4.00. The first-order valence-corrected chi connectivity index (χ1v) is 11.0. The normalized spacial score (nSPS) is 13.0. The number of carbonyl (C=O) groups is 1. The van der Waals surface area contributed by atoms with E-state index in [0.29, 0.717) is 36.4 Å². The third kappa shape index (κ3) is 3.86. The van der Waals surface area contributed by atoms with Crippen LogP contribution in [0.3, 0.4) is 0 Å². The standard InChI is InChI=1S/C26H25N5O2/c1-17(2)21-6-4-5-7-22(21)25-27-15-19-14-23(32)30(26(19)29-25)16-18-8-10-20(11-9-18)31-24(33-3)12-13-28-31/h4-13,15,17H,14,16H2,1-3H3. The number of methoxy groups -OCH3 is 1. The molecule has 1 aliphatic heterocycles. The van der Waals surface area contributed by atoms with Crippen molar-refractivity contribution in [1.29, 1.82) is 0 Å². The summed E-state index contributed by atoms with van der Waals surface area (Å²) in [7, 11) is 1.62. The number of rotatable bonds is 6. The average molecular weight is 440 g/mol. The molecule has 2 aromatic heterocycles. The number of anilines is 1. The van der Waals surface area contributed by atoms with Gasteiger partial charge in [-0.1, -0.05) is 50.2 Å². The zero-order chi connectivity index (χ0) is 22.9. The van der Waals surface area contributed by atoms with Gasteiger partial charge in [-0.2, -0.15) is 5.10 Å². The lowest BCUT2D eigenvalue weighted by Gasteiger charge is -2.18. The molecule has 0 N–H and O–H groups in total. The lowest BCUT2D eigenvalue weighted by atomic mass is 9.97. The van der Waals surface area contributed by atoms with Crippen LogP contribution in [0, 0.1) is 0 Å². The number of hydrogen-bond donors (Lipinski definition) is 0. The molecule has 2 aromatic carbocycles. The Balaban J connectivity index is 1.44. The molecular formula is C26H25N5O2. The molecule has 0 radical (unpaired) electrons. The van der Waals surface area contributed by atoms with Crippen molar-refractivity contribution < 1.29 is 9.53 Å². The molecule has 1 aliphatic rings. The quantitative estimate of drug-likeness (QED) is 0.441. The summed E-state index contributed by atoms with van der Waals surface area (Å²) in [6, 6.07) is 17.9. The predicted octanol–water partition coefficient (Wildman–Crippen LogP) is 4.55. The molecular weight excluding hydrogens is 414 g/mol. The molecule has 4 aromatic rings. The minimum Gasteiger partial charge on any atom is -0.481 e. The van der Waals surface area contributed by atoms with Crippen molar-refractivity contribution in [3.63, 3.8) is 0 Å². The lowest BCUT2D eigenvalue weighted by Crippen LogP contribution is -2.26. The summed E-state index contributed by atoms with van der Waals surface area (Å²) in [6.45, 7) is 4.76. The largest absolute Gasteiger partial charge is 0.481 e. The van der Waals surface area contributed by atoms with E-state index in [0.717, 1.165) is 22.4 Å². The molecule has 0 saturated heterocycles. The van der Waals surface area contributed by atoms with Crippen LogP contribution in [0.5, 0.6) is 5.88 Å². The van der Waals surface area contributed by atoms with Gasteiger partial charge < -0.3 is 4.74 Å². The van der Waals surface area contributed by atoms with Crippen molar-refractivity contribution >= 4 is 11.7 Å². The summed E-state index contributed by atoms with van der Waals surface area (Å²) < 4.78 is 7.06. The molecule has 0 spiro atoms. The lowest BCUT2D eigenvalue weighted by molar-refractivity contribution is -0.117. The molecule has 5 rings (SSSR count). The maximum atomic E-state index is 12.8. The second-order valence-electron chi connectivity index (χ2n) is 8.39. The van der Waals surface area contributed by atoms with Crippen molar-refractivity contribution in [1.82, 2.24) is 19.7 Å². The van der Waals surface area contributed by atoms with Gasteiger partial charge in [-0.15, -0.1) is 0 Å². The highest BCUT2D eigenvalue weighted by Gasteiger charge is 2.30.